The van der Waals surface area contributed by atoms with Crippen LogP contribution in [0.5, 0.6) is 5.75 Å². The number of nitro benzene ring substituents is 1. The fraction of sp³-hybridized carbons (Fsp3) is 0.455. The van der Waals surface area contributed by atoms with Crippen LogP contribution in [0.25, 0.3) is 0 Å². The minimum atomic E-state index is -0.443. The van der Waals surface area contributed by atoms with E-state index in [0.29, 0.717) is 24.5 Å². The van der Waals surface area contributed by atoms with Gasteiger partial charge in [-0.2, -0.15) is 0 Å². The number of aliphatic hydroxyl groups excluding tert-OH is 1. The van der Waals surface area contributed by atoms with E-state index in [1.807, 2.05) is 0 Å². The first-order valence-corrected chi connectivity index (χ1v) is 5.21. The monoisotopic (exact) mass is 241 g/mol. The average Bonchev–Trinajstić information content (AvgIpc) is 2.30. The van der Waals surface area contributed by atoms with Crippen molar-refractivity contribution in [3.8, 4) is 5.75 Å². The normalized spacial score (nSPS) is 10.2. The number of rotatable bonds is 7. The minimum absolute atomic E-state index is 0.0173. The summed E-state index contributed by atoms with van der Waals surface area (Å²) in [4.78, 5) is 10.1. The van der Waals surface area contributed by atoms with E-state index in [1.54, 1.807) is 13.0 Å². The first kappa shape index (κ1) is 13.4. The average molecular weight is 241 g/mol. The number of nitrogens with zero attached hydrogens (tertiary/aromatic N) is 1. The van der Waals surface area contributed by atoms with Crippen LogP contribution in [0.1, 0.15) is 5.56 Å². The SMILES string of the molecule is Cc1cc([N+](=O)[O-])ccc1OCCOCCO. The molecule has 6 heteroatoms. The van der Waals surface area contributed by atoms with Gasteiger partial charge in [0.1, 0.15) is 12.4 Å². The third-order valence-electron chi connectivity index (χ3n) is 2.09. The number of nitro groups is 1. The van der Waals surface area contributed by atoms with E-state index in [9.17, 15) is 10.1 Å². The highest BCUT2D eigenvalue weighted by atomic mass is 16.6. The Bertz CT molecular complexity index is 380. The lowest BCUT2D eigenvalue weighted by Crippen LogP contribution is -2.09. The zero-order valence-corrected chi connectivity index (χ0v) is 9.59. The molecule has 0 heterocycles. The molecule has 0 aliphatic carbocycles. The summed E-state index contributed by atoms with van der Waals surface area (Å²) in [7, 11) is 0. The quantitative estimate of drug-likeness (QED) is 0.442. The smallest absolute Gasteiger partial charge is 0.269 e. The summed E-state index contributed by atoms with van der Waals surface area (Å²) < 4.78 is 10.4. The molecule has 0 atom stereocenters. The molecule has 1 rings (SSSR count). The van der Waals surface area contributed by atoms with Crippen LogP contribution < -0.4 is 4.74 Å². The van der Waals surface area contributed by atoms with Crippen LogP contribution in [0.3, 0.4) is 0 Å². The maximum atomic E-state index is 10.5. The molecule has 94 valence electrons. The second-order valence-electron chi connectivity index (χ2n) is 3.39. The Morgan fingerprint density at radius 2 is 2.12 bits per heavy atom. The molecular weight excluding hydrogens is 226 g/mol. The highest BCUT2D eigenvalue weighted by Crippen LogP contribution is 2.22. The summed E-state index contributed by atoms with van der Waals surface area (Å²) in [5.74, 6) is 0.600. The second-order valence-corrected chi connectivity index (χ2v) is 3.39. The van der Waals surface area contributed by atoms with E-state index in [4.69, 9.17) is 14.6 Å². The maximum absolute atomic E-state index is 10.5. The molecule has 17 heavy (non-hydrogen) atoms. The van der Waals surface area contributed by atoms with Crippen LogP contribution in [-0.2, 0) is 4.74 Å². The van der Waals surface area contributed by atoms with Gasteiger partial charge in [-0.3, -0.25) is 10.1 Å². The number of non-ortho nitro benzene ring substituents is 1. The first-order valence-electron chi connectivity index (χ1n) is 5.21. The largest absolute Gasteiger partial charge is 0.491 e. The minimum Gasteiger partial charge on any atom is -0.491 e. The van der Waals surface area contributed by atoms with Crippen LogP contribution in [-0.4, -0.2) is 36.5 Å². The van der Waals surface area contributed by atoms with Gasteiger partial charge in [-0.05, 0) is 18.6 Å². The van der Waals surface area contributed by atoms with Crippen LogP contribution in [0.4, 0.5) is 5.69 Å². The molecule has 6 nitrogen and oxygen atoms in total. The van der Waals surface area contributed by atoms with Crippen molar-refractivity contribution in [2.45, 2.75) is 6.92 Å². The van der Waals surface area contributed by atoms with Crippen molar-refractivity contribution in [2.75, 3.05) is 26.4 Å². The molecular formula is C11H15NO5. The molecule has 0 amide bonds. The molecule has 0 bridgehead atoms. The van der Waals surface area contributed by atoms with Gasteiger partial charge in [-0.1, -0.05) is 0 Å². The summed E-state index contributed by atoms with van der Waals surface area (Å²) in [6, 6.07) is 4.43. The summed E-state index contributed by atoms with van der Waals surface area (Å²) in [5, 5.41) is 19.0. The number of aryl methyl sites for hydroxylation is 1. The van der Waals surface area contributed by atoms with Crippen molar-refractivity contribution < 1.29 is 19.5 Å². The molecule has 0 radical (unpaired) electrons. The highest BCUT2D eigenvalue weighted by Gasteiger charge is 2.08. The van der Waals surface area contributed by atoms with Gasteiger partial charge in [0, 0.05) is 12.1 Å². The Morgan fingerprint density at radius 3 is 2.71 bits per heavy atom. The predicted molar refractivity (Wildman–Crippen MR) is 61.2 cm³/mol. The summed E-state index contributed by atoms with van der Waals surface area (Å²) in [6.45, 7) is 2.73. The number of ether oxygens (including phenoxy) is 2. The zero-order chi connectivity index (χ0) is 12.7. The van der Waals surface area contributed by atoms with Crippen LogP contribution in [0, 0.1) is 17.0 Å². The topological polar surface area (TPSA) is 81.8 Å². The molecule has 1 aromatic rings. The molecule has 0 fully saturated rings. The van der Waals surface area contributed by atoms with Crippen molar-refractivity contribution in [1.29, 1.82) is 0 Å². The van der Waals surface area contributed by atoms with Crippen molar-refractivity contribution in [1.82, 2.24) is 0 Å². The van der Waals surface area contributed by atoms with Gasteiger partial charge in [0.15, 0.2) is 0 Å². The van der Waals surface area contributed by atoms with Crippen molar-refractivity contribution in [3.05, 3.63) is 33.9 Å². The second kappa shape index (κ2) is 6.82. The van der Waals surface area contributed by atoms with Crippen LogP contribution in [0.15, 0.2) is 18.2 Å². The standard InChI is InChI=1S/C11H15NO5/c1-9-8-10(12(14)15)2-3-11(9)17-7-6-16-5-4-13/h2-3,8,13H,4-7H2,1H3. The molecule has 0 unspecified atom stereocenters. The fourth-order valence-electron chi connectivity index (χ4n) is 1.29. The Kier molecular flexibility index (Phi) is 5.38. The Balaban J connectivity index is 2.46. The summed E-state index contributed by atoms with van der Waals surface area (Å²) in [6.07, 6.45) is 0. The van der Waals surface area contributed by atoms with Gasteiger partial charge in [0.2, 0.25) is 0 Å². The molecule has 1 N–H and O–H groups in total. The van der Waals surface area contributed by atoms with E-state index in [0.717, 1.165) is 0 Å². The third kappa shape index (κ3) is 4.38. The predicted octanol–water partition coefficient (Wildman–Crippen LogP) is 1.29. The molecule has 0 aliphatic heterocycles. The number of aliphatic hydroxyl groups is 1. The van der Waals surface area contributed by atoms with E-state index < -0.39 is 4.92 Å². The lowest BCUT2D eigenvalue weighted by molar-refractivity contribution is -0.384. The van der Waals surface area contributed by atoms with E-state index in [2.05, 4.69) is 0 Å². The van der Waals surface area contributed by atoms with Gasteiger partial charge in [-0.15, -0.1) is 0 Å². The highest BCUT2D eigenvalue weighted by molar-refractivity contribution is 5.42. The maximum Gasteiger partial charge on any atom is 0.269 e. The lowest BCUT2D eigenvalue weighted by atomic mass is 10.2. The van der Waals surface area contributed by atoms with Gasteiger partial charge < -0.3 is 14.6 Å². The van der Waals surface area contributed by atoms with E-state index >= 15 is 0 Å². The molecule has 1 aromatic carbocycles. The van der Waals surface area contributed by atoms with Crippen molar-refractivity contribution in [2.24, 2.45) is 0 Å². The summed E-state index contributed by atoms with van der Waals surface area (Å²) in [5.41, 5.74) is 0.757. The Morgan fingerprint density at radius 1 is 1.35 bits per heavy atom. The molecule has 0 saturated carbocycles. The summed E-state index contributed by atoms with van der Waals surface area (Å²) >= 11 is 0. The van der Waals surface area contributed by atoms with Gasteiger partial charge >= 0.3 is 0 Å². The Labute approximate surface area is 98.9 Å². The first-order chi connectivity index (χ1) is 8.15. The zero-order valence-electron chi connectivity index (χ0n) is 9.59. The fourth-order valence-corrected chi connectivity index (χ4v) is 1.29. The Hall–Kier alpha value is -1.66. The number of hydrogen-bond donors (Lipinski definition) is 1. The molecule has 0 spiro atoms. The van der Waals surface area contributed by atoms with Gasteiger partial charge in [0.25, 0.3) is 5.69 Å². The van der Waals surface area contributed by atoms with Crippen LogP contribution in [0.2, 0.25) is 0 Å². The molecule has 0 aliphatic rings. The van der Waals surface area contributed by atoms with Crippen molar-refractivity contribution >= 4 is 5.69 Å². The van der Waals surface area contributed by atoms with E-state index in [-0.39, 0.29) is 18.9 Å². The lowest BCUT2D eigenvalue weighted by Gasteiger charge is -2.08. The molecule has 0 saturated heterocycles. The van der Waals surface area contributed by atoms with E-state index in [1.165, 1.54) is 12.1 Å². The number of benzene rings is 1. The van der Waals surface area contributed by atoms with Gasteiger partial charge in [0.05, 0.1) is 24.7 Å². The van der Waals surface area contributed by atoms with Crippen LogP contribution >= 0.6 is 0 Å². The molecule has 0 aromatic heterocycles. The third-order valence-corrected chi connectivity index (χ3v) is 2.09. The number of hydrogen-bond acceptors (Lipinski definition) is 5. The van der Waals surface area contributed by atoms with Crippen molar-refractivity contribution in [3.63, 3.8) is 0 Å². The van der Waals surface area contributed by atoms with Gasteiger partial charge in [-0.25, -0.2) is 0 Å².